The van der Waals surface area contributed by atoms with Crippen molar-refractivity contribution in [2.45, 2.75) is 25.9 Å². The number of aliphatic hydroxyl groups is 1. The summed E-state index contributed by atoms with van der Waals surface area (Å²) in [6.07, 6.45) is -3.73. The molecule has 0 aliphatic heterocycles. The zero-order valence-corrected chi connectivity index (χ0v) is 10.3. The topological polar surface area (TPSA) is 46.5 Å². The van der Waals surface area contributed by atoms with Gasteiger partial charge < -0.3 is 9.84 Å². The summed E-state index contributed by atoms with van der Waals surface area (Å²) >= 11 is 0. The maximum atomic E-state index is 12.8. The van der Waals surface area contributed by atoms with Crippen LogP contribution in [0.1, 0.15) is 24.2 Å². The highest BCUT2D eigenvalue weighted by atomic mass is 19.3. The normalized spacial score (nSPS) is 14.3. The predicted octanol–water partition coefficient (Wildman–Crippen LogP) is 2.34. The fraction of sp³-hybridized carbons (Fsp3) is 0.462. The monoisotopic (exact) mass is 258 g/mol. The van der Waals surface area contributed by atoms with Crippen molar-refractivity contribution in [3.8, 4) is 0 Å². The zero-order chi connectivity index (χ0) is 13.7. The first-order valence-electron chi connectivity index (χ1n) is 5.64. The minimum absolute atomic E-state index is 0.280. The quantitative estimate of drug-likeness (QED) is 0.824. The van der Waals surface area contributed by atoms with E-state index in [1.54, 1.807) is 24.3 Å². The second-order valence-corrected chi connectivity index (χ2v) is 3.92. The molecule has 0 saturated carbocycles. The second-order valence-electron chi connectivity index (χ2n) is 3.92. The summed E-state index contributed by atoms with van der Waals surface area (Å²) in [4.78, 5) is 11.2. The Labute approximate surface area is 104 Å². The Balaban J connectivity index is 2.94. The number of benzene rings is 1. The van der Waals surface area contributed by atoms with Crippen molar-refractivity contribution in [2.24, 2.45) is 5.92 Å². The number of carbonyl (C=O) groups is 1. The van der Waals surface area contributed by atoms with Crippen LogP contribution in [-0.4, -0.2) is 24.6 Å². The fourth-order valence-corrected chi connectivity index (χ4v) is 1.66. The van der Waals surface area contributed by atoms with Crippen molar-refractivity contribution in [1.82, 2.24) is 0 Å². The largest absolute Gasteiger partial charge is 0.469 e. The average molecular weight is 258 g/mol. The Morgan fingerprint density at radius 1 is 1.33 bits per heavy atom. The van der Waals surface area contributed by atoms with Gasteiger partial charge in [0, 0.05) is 0 Å². The van der Waals surface area contributed by atoms with Crippen LogP contribution >= 0.6 is 0 Å². The lowest BCUT2D eigenvalue weighted by atomic mass is 9.95. The van der Waals surface area contributed by atoms with E-state index in [2.05, 4.69) is 4.74 Å². The number of esters is 1. The minimum atomic E-state index is -2.97. The van der Waals surface area contributed by atoms with Crippen LogP contribution in [0.2, 0.25) is 0 Å². The van der Waals surface area contributed by atoms with E-state index in [0.29, 0.717) is 0 Å². The number of halogens is 2. The van der Waals surface area contributed by atoms with Gasteiger partial charge in [-0.3, -0.25) is 4.79 Å². The van der Waals surface area contributed by atoms with E-state index in [1.807, 2.05) is 6.92 Å². The standard InChI is InChI=1S/C13H16F2O3/c1-3-8-4-6-9(7-5-8)11(16)10(12(14)15)13(17)18-2/h4-7,10-12,16H,3H2,1-2H3. The number of carbonyl (C=O) groups excluding carboxylic acids is 1. The van der Waals surface area contributed by atoms with E-state index in [0.717, 1.165) is 19.1 Å². The summed E-state index contributed by atoms with van der Waals surface area (Å²) < 4.78 is 29.8. The maximum Gasteiger partial charge on any atom is 0.317 e. The molecule has 1 aromatic carbocycles. The Hall–Kier alpha value is -1.49. The van der Waals surface area contributed by atoms with Crippen molar-refractivity contribution >= 4 is 5.97 Å². The molecule has 0 aliphatic rings. The third-order valence-corrected chi connectivity index (χ3v) is 2.81. The fourth-order valence-electron chi connectivity index (χ4n) is 1.66. The molecule has 0 saturated heterocycles. The lowest BCUT2D eigenvalue weighted by molar-refractivity contribution is -0.157. The van der Waals surface area contributed by atoms with Crippen LogP contribution in [0.15, 0.2) is 24.3 Å². The summed E-state index contributed by atoms with van der Waals surface area (Å²) in [6.45, 7) is 1.96. The molecule has 0 amide bonds. The van der Waals surface area contributed by atoms with Crippen molar-refractivity contribution < 1.29 is 23.4 Å². The van der Waals surface area contributed by atoms with Crippen molar-refractivity contribution in [2.75, 3.05) is 7.11 Å². The predicted molar refractivity (Wildman–Crippen MR) is 62.3 cm³/mol. The molecular weight excluding hydrogens is 242 g/mol. The molecular formula is C13H16F2O3. The molecule has 0 aromatic heterocycles. The van der Waals surface area contributed by atoms with Crippen LogP contribution in [-0.2, 0) is 16.0 Å². The summed E-state index contributed by atoms with van der Waals surface area (Å²) in [7, 11) is 1.02. The number of aliphatic hydroxyl groups excluding tert-OH is 1. The molecule has 2 unspecified atom stereocenters. The van der Waals surface area contributed by atoms with E-state index in [4.69, 9.17) is 0 Å². The van der Waals surface area contributed by atoms with E-state index in [9.17, 15) is 18.7 Å². The summed E-state index contributed by atoms with van der Waals surface area (Å²) in [6, 6.07) is 6.56. The van der Waals surface area contributed by atoms with Gasteiger partial charge >= 0.3 is 5.97 Å². The maximum absolute atomic E-state index is 12.8. The SMILES string of the molecule is CCc1ccc(C(O)C(C(=O)OC)C(F)F)cc1. The third-order valence-electron chi connectivity index (χ3n) is 2.81. The number of aryl methyl sites for hydroxylation is 1. The Morgan fingerprint density at radius 2 is 1.89 bits per heavy atom. The molecule has 2 atom stereocenters. The Bertz CT molecular complexity index is 390. The van der Waals surface area contributed by atoms with Crippen LogP contribution in [0, 0.1) is 5.92 Å². The van der Waals surface area contributed by atoms with Crippen LogP contribution in [0.25, 0.3) is 0 Å². The Morgan fingerprint density at radius 3 is 2.28 bits per heavy atom. The molecule has 0 fully saturated rings. The zero-order valence-electron chi connectivity index (χ0n) is 10.3. The molecule has 1 N–H and O–H groups in total. The van der Waals surface area contributed by atoms with Gasteiger partial charge in [0.1, 0.15) is 5.92 Å². The lowest BCUT2D eigenvalue weighted by Crippen LogP contribution is -2.30. The van der Waals surface area contributed by atoms with Gasteiger partial charge in [-0.2, -0.15) is 0 Å². The van der Waals surface area contributed by atoms with Crippen LogP contribution in [0.4, 0.5) is 8.78 Å². The first-order valence-corrected chi connectivity index (χ1v) is 5.64. The van der Waals surface area contributed by atoms with Crippen molar-refractivity contribution in [3.05, 3.63) is 35.4 Å². The molecule has 0 aliphatic carbocycles. The van der Waals surface area contributed by atoms with Gasteiger partial charge in [-0.1, -0.05) is 31.2 Å². The summed E-state index contributed by atoms with van der Waals surface area (Å²) in [5, 5.41) is 9.83. The molecule has 0 spiro atoms. The van der Waals surface area contributed by atoms with Crippen LogP contribution in [0.3, 0.4) is 0 Å². The second kappa shape index (κ2) is 6.44. The van der Waals surface area contributed by atoms with E-state index < -0.39 is 24.4 Å². The molecule has 100 valence electrons. The number of alkyl halides is 2. The van der Waals surface area contributed by atoms with Gasteiger partial charge in [-0.25, -0.2) is 8.78 Å². The molecule has 18 heavy (non-hydrogen) atoms. The minimum Gasteiger partial charge on any atom is -0.469 e. The molecule has 5 heteroatoms. The highest BCUT2D eigenvalue weighted by Crippen LogP contribution is 2.28. The van der Waals surface area contributed by atoms with Gasteiger partial charge in [0.2, 0.25) is 0 Å². The van der Waals surface area contributed by atoms with Gasteiger partial charge in [0.15, 0.2) is 0 Å². The number of hydrogen-bond acceptors (Lipinski definition) is 3. The first kappa shape index (κ1) is 14.6. The van der Waals surface area contributed by atoms with Gasteiger partial charge in [-0.05, 0) is 17.5 Å². The number of methoxy groups -OCH3 is 1. The molecule has 0 bridgehead atoms. The van der Waals surface area contributed by atoms with Crippen LogP contribution < -0.4 is 0 Å². The van der Waals surface area contributed by atoms with Crippen molar-refractivity contribution in [1.29, 1.82) is 0 Å². The van der Waals surface area contributed by atoms with Gasteiger partial charge in [-0.15, -0.1) is 0 Å². The number of hydrogen-bond donors (Lipinski definition) is 1. The molecule has 3 nitrogen and oxygen atoms in total. The van der Waals surface area contributed by atoms with Crippen molar-refractivity contribution in [3.63, 3.8) is 0 Å². The first-order chi connectivity index (χ1) is 8.51. The van der Waals surface area contributed by atoms with Gasteiger partial charge in [0.25, 0.3) is 6.43 Å². The summed E-state index contributed by atoms with van der Waals surface area (Å²) in [5.41, 5.74) is 1.31. The highest BCUT2D eigenvalue weighted by molar-refractivity contribution is 5.73. The molecule has 0 heterocycles. The smallest absolute Gasteiger partial charge is 0.317 e. The van der Waals surface area contributed by atoms with Crippen LogP contribution in [0.5, 0.6) is 0 Å². The summed E-state index contributed by atoms with van der Waals surface area (Å²) in [5.74, 6) is -2.97. The lowest BCUT2D eigenvalue weighted by Gasteiger charge is -2.20. The van der Waals surface area contributed by atoms with E-state index in [1.165, 1.54) is 0 Å². The highest BCUT2D eigenvalue weighted by Gasteiger charge is 2.37. The third kappa shape index (κ3) is 3.26. The number of rotatable bonds is 5. The average Bonchev–Trinajstić information content (AvgIpc) is 2.38. The number of ether oxygens (including phenoxy) is 1. The molecule has 0 radical (unpaired) electrons. The molecule has 1 aromatic rings. The van der Waals surface area contributed by atoms with Gasteiger partial charge in [0.05, 0.1) is 13.2 Å². The van der Waals surface area contributed by atoms with E-state index >= 15 is 0 Å². The Kier molecular flexibility index (Phi) is 5.22. The van der Waals surface area contributed by atoms with E-state index in [-0.39, 0.29) is 5.56 Å². The molecule has 1 rings (SSSR count).